The molecule has 0 bridgehead atoms. The van der Waals surface area contributed by atoms with Gasteiger partial charge >= 0.3 is 0 Å². The number of anilines is 4. The Hall–Kier alpha value is -2.34. The number of nitrogens with zero attached hydrogens (tertiary/aromatic N) is 3. The van der Waals surface area contributed by atoms with E-state index in [-0.39, 0.29) is 11.1 Å². The molecule has 1 saturated heterocycles. The minimum absolute atomic E-state index is 0.0674. The zero-order valence-corrected chi connectivity index (χ0v) is 16.7. The van der Waals surface area contributed by atoms with E-state index >= 15 is 0 Å². The molecule has 4 N–H and O–H groups in total. The number of piperidine rings is 1. The number of nitrogens with two attached hydrogens (primary N) is 1. The maximum atomic E-state index is 6.53. The Morgan fingerprint density at radius 2 is 1.81 bits per heavy atom. The minimum Gasteiger partial charge on any atom is -0.393 e. The van der Waals surface area contributed by atoms with Gasteiger partial charge < -0.3 is 21.3 Å². The fourth-order valence-electron chi connectivity index (χ4n) is 4.89. The molecule has 0 unspecified atom stereocenters. The normalized spacial score (nSPS) is 21.1. The van der Waals surface area contributed by atoms with Crippen molar-refractivity contribution in [1.82, 2.24) is 15.3 Å². The standard InChI is InChI=1S/C21H30N6/c1-20(2)11-15(12-21(3,4)26-20)25-18-17(22)19(24-13-23-18)27-10-9-14-7-5-6-8-16(14)27/h5-8,13,15,26H,9-12,22H2,1-4H3,(H,23,24,25). The van der Waals surface area contributed by atoms with Crippen LogP contribution >= 0.6 is 0 Å². The van der Waals surface area contributed by atoms with E-state index in [1.165, 1.54) is 11.3 Å². The molecule has 1 fully saturated rings. The Bertz CT molecular complexity index is 828. The quantitative estimate of drug-likeness (QED) is 0.772. The van der Waals surface area contributed by atoms with Crippen LogP contribution in [0.5, 0.6) is 0 Å². The van der Waals surface area contributed by atoms with Gasteiger partial charge in [0.05, 0.1) is 0 Å². The summed E-state index contributed by atoms with van der Waals surface area (Å²) >= 11 is 0. The Balaban J connectivity index is 1.60. The fraction of sp³-hybridized carbons (Fsp3) is 0.524. The molecule has 6 heteroatoms. The van der Waals surface area contributed by atoms with Crippen LogP contribution in [0, 0.1) is 0 Å². The highest BCUT2D eigenvalue weighted by atomic mass is 15.2. The lowest BCUT2D eigenvalue weighted by Crippen LogP contribution is -2.60. The largest absolute Gasteiger partial charge is 0.393 e. The highest BCUT2D eigenvalue weighted by Crippen LogP contribution is 2.38. The molecular weight excluding hydrogens is 336 g/mol. The van der Waals surface area contributed by atoms with Crippen molar-refractivity contribution in [2.45, 2.75) is 64.1 Å². The number of nitrogen functional groups attached to an aromatic ring is 1. The molecule has 2 aliphatic heterocycles. The Morgan fingerprint density at radius 3 is 2.56 bits per heavy atom. The number of aromatic nitrogens is 2. The Labute approximate surface area is 161 Å². The molecule has 6 nitrogen and oxygen atoms in total. The van der Waals surface area contributed by atoms with Gasteiger partial charge in [0.2, 0.25) is 0 Å². The summed E-state index contributed by atoms with van der Waals surface area (Å²) < 4.78 is 0. The van der Waals surface area contributed by atoms with Crippen molar-refractivity contribution in [1.29, 1.82) is 0 Å². The van der Waals surface area contributed by atoms with E-state index in [1.807, 2.05) is 0 Å². The van der Waals surface area contributed by atoms with Gasteiger partial charge in [-0.25, -0.2) is 9.97 Å². The van der Waals surface area contributed by atoms with Gasteiger partial charge in [-0.05, 0) is 58.6 Å². The van der Waals surface area contributed by atoms with Crippen LogP contribution in [-0.4, -0.2) is 33.6 Å². The van der Waals surface area contributed by atoms with Gasteiger partial charge in [0.25, 0.3) is 0 Å². The van der Waals surface area contributed by atoms with Crippen molar-refractivity contribution in [2.24, 2.45) is 0 Å². The first-order valence-corrected chi connectivity index (χ1v) is 9.76. The first-order valence-electron chi connectivity index (χ1n) is 9.76. The highest BCUT2D eigenvalue weighted by molar-refractivity contribution is 5.81. The second kappa shape index (κ2) is 6.37. The van der Waals surface area contributed by atoms with E-state index in [0.29, 0.717) is 11.7 Å². The van der Waals surface area contributed by atoms with Gasteiger partial charge in [-0.2, -0.15) is 0 Å². The molecule has 3 heterocycles. The van der Waals surface area contributed by atoms with E-state index in [0.717, 1.165) is 37.4 Å². The highest BCUT2D eigenvalue weighted by Gasteiger charge is 2.38. The molecule has 4 rings (SSSR count). The molecule has 0 radical (unpaired) electrons. The number of hydrogen-bond donors (Lipinski definition) is 3. The third-order valence-corrected chi connectivity index (χ3v) is 5.54. The topological polar surface area (TPSA) is 79.1 Å². The van der Waals surface area contributed by atoms with Crippen molar-refractivity contribution >= 4 is 23.0 Å². The lowest BCUT2D eigenvalue weighted by molar-refractivity contribution is 0.170. The van der Waals surface area contributed by atoms with Crippen LogP contribution in [0.4, 0.5) is 23.0 Å². The molecule has 1 aromatic heterocycles. The molecule has 1 aromatic carbocycles. The summed E-state index contributed by atoms with van der Waals surface area (Å²) in [4.78, 5) is 11.2. The number of hydrogen-bond acceptors (Lipinski definition) is 6. The number of rotatable bonds is 3. The first-order chi connectivity index (χ1) is 12.7. The monoisotopic (exact) mass is 366 g/mol. The number of para-hydroxylation sites is 1. The van der Waals surface area contributed by atoms with Crippen molar-refractivity contribution in [2.75, 3.05) is 22.5 Å². The van der Waals surface area contributed by atoms with Crippen LogP contribution in [0.1, 0.15) is 46.1 Å². The summed E-state index contributed by atoms with van der Waals surface area (Å²) in [5.74, 6) is 1.53. The molecule has 27 heavy (non-hydrogen) atoms. The number of benzene rings is 1. The number of nitrogens with one attached hydrogen (secondary N) is 2. The molecular formula is C21H30N6. The molecule has 0 spiro atoms. The van der Waals surface area contributed by atoms with Crippen molar-refractivity contribution in [3.63, 3.8) is 0 Å². The zero-order valence-electron chi connectivity index (χ0n) is 16.7. The minimum atomic E-state index is 0.0674. The zero-order chi connectivity index (χ0) is 19.2. The van der Waals surface area contributed by atoms with Crippen molar-refractivity contribution in [3.05, 3.63) is 36.2 Å². The van der Waals surface area contributed by atoms with Crippen LogP contribution in [0.25, 0.3) is 0 Å². The summed E-state index contributed by atoms with van der Waals surface area (Å²) in [6.07, 6.45) is 4.66. The molecule has 0 atom stereocenters. The summed E-state index contributed by atoms with van der Waals surface area (Å²) in [5.41, 5.74) is 9.82. The van der Waals surface area contributed by atoms with Gasteiger partial charge in [-0.3, -0.25) is 0 Å². The summed E-state index contributed by atoms with van der Waals surface area (Å²) in [5, 5.41) is 7.32. The first kappa shape index (κ1) is 18.0. The average molecular weight is 367 g/mol. The molecule has 144 valence electrons. The lowest BCUT2D eigenvalue weighted by Gasteiger charge is -2.46. The van der Waals surface area contributed by atoms with Crippen LogP contribution in [0.15, 0.2) is 30.6 Å². The van der Waals surface area contributed by atoms with E-state index in [4.69, 9.17) is 5.73 Å². The fourth-order valence-corrected chi connectivity index (χ4v) is 4.89. The van der Waals surface area contributed by atoms with Crippen molar-refractivity contribution in [3.8, 4) is 0 Å². The SMILES string of the molecule is CC1(C)CC(Nc2ncnc(N3CCc4ccccc43)c2N)CC(C)(C)N1. The van der Waals surface area contributed by atoms with Crippen molar-refractivity contribution < 1.29 is 0 Å². The molecule has 0 saturated carbocycles. The van der Waals surface area contributed by atoms with E-state index in [2.05, 4.69) is 77.5 Å². The molecule has 0 aliphatic carbocycles. The maximum absolute atomic E-state index is 6.53. The maximum Gasteiger partial charge on any atom is 0.161 e. The Kier molecular flexibility index (Phi) is 4.26. The summed E-state index contributed by atoms with van der Waals surface area (Å²) in [6.45, 7) is 9.89. The third-order valence-electron chi connectivity index (χ3n) is 5.54. The second-order valence-electron chi connectivity index (χ2n) is 9.13. The predicted molar refractivity (Wildman–Crippen MR) is 112 cm³/mol. The van der Waals surface area contributed by atoms with Crippen LogP contribution in [0.2, 0.25) is 0 Å². The smallest absolute Gasteiger partial charge is 0.161 e. The second-order valence-corrected chi connectivity index (χ2v) is 9.13. The van der Waals surface area contributed by atoms with Gasteiger partial charge in [-0.15, -0.1) is 0 Å². The van der Waals surface area contributed by atoms with Crippen LogP contribution in [0.3, 0.4) is 0 Å². The lowest BCUT2D eigenvalue weighted by atomic mass is 9.79. The van der Waals surface area contributed by atoms with Gasteiger partial charge in [0, 0.05) is 29.4 Å². The van der Waals surface area contributed by atoms with Crippen LogP contribution < -0.4 is 21.3 Å². The summed E-state index contributed by atoms with van der Waals surface area (Å²) in [6, 6.07) is 8.76. The predicted octanol–water partition coefficient (Wildman–Crippen LogP) is 3.47. The average Bonchev–Trinajstić information content (AvgIpc) is 2.98. The third kappa shape index (κ3) is 3.58. The van der Waals surface area contributed by atoms with E-state index in [9.17, 15) is 0 Å². The summed E-state index contributed by atoms with van der Waals surface area (Å²) in [7, 11) is 0. The van der Waals surface area contributed by atoms with E-state index < -0.39 is 0 Å². The van der Waals surface area contributed by atoms with Gasteiger partial charge in [-0.1, -0.05) is 18.2 Å². The van der Waals surface area contributed by atoms with Crippen LogP contribution in [-0.2, 0) is 6.42 Å². The Morgan fingerprint density at radius 1 is 1.11 bits per heavy atom. The van der Waals surface area contributed by atoms with E-state index in [1.54, 1.807) is 6.33 Å². The van der Waals surface area contributed by atoms with Gasteiger partial charge in [0.15, 0.2) is 11.6 Å². The molecule has 2 aromatic rings. The molecule has 2 aliphatic rings. The van der Waals surface area contributed by atoms with Gasteiger partial charge in [0.1, 0.15) is 12.0 Å². The number of fused-ring (bicyclic) bond motifs is 1. The molecule has 0 amide bonds.